The lowest BCUT2D eigenvalue weighted by Crippen LogP contribution is -2.20. The van der Waals surface area contributed by atoms with Crippen LogP contribution < -0.4 is 11.1 Å². The first-order valence-electron chi connectivity index (χ1n) is 3.95. The molecule has 0 unspecified atom stereocenters. The summed E-state index contributed by atoms with van der Waals surface area (Å²) in [7, 11) is 1.59. The molecule has 0 bridgehead atoms. The Kier molecular flexibility index (Phi) is 3.77. The third kappa shape index (κ3) is 2.03. The van der Waals surface area contributed by atoms with Crippen LogP contribution in [-0.2, 0) is 0 Å². The van der Waals surface area contributed by atoms with Gasteiger partial charge in [-0.2, -0.15) is 0 Å². The van der Waals surface area contributed by atoms with E-state index in [1.165, 1.54) is 0 Å². The number of halogens is 2. The average molecular weight is 369 g/mol. The zero-order valence-corrected chi connectivity index (χ0v) is 11.6. The van der Waals surface area contributed by atoms with Crippen LogP contribution in [0.3, 0.4) is 0 Å². The first-order chi connectivity index (χ1) is 6.49. The van der Waals surface area contributed by atoms with E-state index in [1.807, 2.05) is 13.0 Å². The van der Waals surface area contributed by atoms with Crippen LogP contribution in [-0.4, -0.2) is 13.0 Å². The Morgan fingerprint density at radius 1 is 1.64 bits per heavy atom. The van der Waals surface area contributed by atoms with Gasteiger partial charge in [-0.15, -0.1) is 0 Å². The van der Waals surface area contributed by atoms with Gasteiger partial charge >= 0.3 is 0 Å². The number of rotatable bonds is 1. The fourth-order valence-electron chi connectivity index (χ4n) is 1.11. The van der Waals surface area contributed by atoms with Gasteiger partial charge in [0.2, 0.25) is 0 Å². The van der Waals surface area contributed by atoms with E-state index in [2.05, 4.69) is 43.8 Å². The number of aryl methyl sites for hydroxylation is 1. The number of nitrogens with one attached hydrogen (secondary N) is 1. The highest BCUT2D eigenvalue weighted by Gasteiger charge is 2.16. The van der Waals surface area contributed by atoms with Gasteiger partial charge in [0, 0.05) is 15.1 Å². The first-order valence-corrected chi connectivity index (χ1v) is 5.82. The molecule has 0 aliphatic heterocycles. The quantitative estimate of drug-likeness (QED) is 0.590. The van der Waals surface area contributed by atoms with Crippen molar-refractivity contribution in [3.05, 3.63) is 25.2 Å². The molecule has 0 aromatic heterocycles. The lowest BCUT2D eigenvalue weighted by Gasteiger charge is -2.11. The van der Waals surface area contributed by atoms with Crippen LogP contribution in [0.2, 0.25) is 0 Å². The number of benzene rings is 1. The molecule has 0 saturated heterocycles. The Hall–Kier alpha value is -0.300. The summed E-state index contributed by atoms with van der Waals surface area (Å²) in [5.74, 6) is -0.170. The first kappa shape index (κ1) is 11.8. The van der Waals surface area contributed by atoms with Crippen LogP contribution in [0.15, 0.2) is 10.5 Å². The second-order valence-corrected chi connectivity index (χ2v) is 4.81. The van der Waals surface area contributed by atoms with Gasteiger partial charge < -0.3 is 11.1 Å². The Balaban J connectivity index is 3.47. The second kappa shape index (κ2) is 4.48. The van der Waals surface area contributed by atoms with Crippen molar-refractivity contribution in [3.63, 3.8) is 0 Å². The van der Waals surface area contributed by atoms with Gasteiger partial charge in [0.1, 0.15) is 0 Å². The highest BCUT2D eigenvalue weighted by molar-refractivity contribution is 14.1. The molecule has 0 radical (unpaired) electrons. The molecule has 1 aromatic rings. The van der Waals surface area contributed by atoms with Crippen molar-refractivity contribution in [1.29, 1.82) is 0 Å². The molecule has 76 valence electrons. The fraction of sp³-hybridized carbons (Fsp3) is 0.222. The number of carbonyl (C=O) groups is 1. The lowest BCUT2D eigenvalue weighted by molar-refractivity contribution is 0.0963. The predicted octanol–water partition coefficient (Wildman–Crippen LogP) is 2.30. The summed E-state index contributed by atoms with van der Waals surface area (Å²) in [5, 5.41) is 2.57. The SMILES string of the molecule is CNC(=O)c1c(N)c(I)cc(C)c1Br. The number of nitrogens with two attached hydrogens (primary N) is 1. The lowest BCUT2D eigenvalue weighted by atomic mass is 10.1. The van der Waals surface area contributed by atoms with Gasteiger partial charge in [0.25, 0.3) is 5.91 Å². The summed E-state index contributed by atoms with van der Waals surface area (Å²) in [6.07, 6.45) is 0. The van der Waals surface area contributed by atoms with Crippen LogP contribution in [0, 0.1) is 10.5 Å². The number of carbonyl (C=O) groups excluding carboxylic acids is 1. The van der Waals surface area contributed by atoms with Crippen molar-refractivity contribution in [2.24, 2.45) is 0 Å². The number of hydrogen-bond acceptors (Lipinski definition) is 2. The largest absolute Gasteiger partial charge is 0.397 e. The molecule has 1 rings (SSSR count). The van der Waals surface area contributed by atoms with Crippen molar-refractivity contribution >= 4 is 50.1 Å². The normalized spacial score (nSPS) is 10.0. The van der Waals surface area contributed by atoms with Gasteiger partial charge in [-0.05, 0) is 57.1 Å². The molecular weight excluding hydrogens is 359 g/mol. The van der Waals surface area contributed by atoms with Crippen molar-refractivity contribution in [3.8, 4) is 0 Å². The van der Waals surface area contributed by atoms with E-state index in [0.29, 0.717) is 11.3 Å². The fourth-order valence-corrected chi connectivity index (χ4v) is 2.36. The molecule has 3 N–H and O–H groups in total. The van der Waals surface area contributed by atoms with Crippen LogP contribution in [0.5, 0.6) is 0 Å². The van der Waals surface area contributed by atoms with E-state index in [1.54, 1.807) is 7.05 Å². The molecule has 1 amide bonds. The summed E-state index contributed by atoms with van der Waals surface area (Å²) >= 11 is 5.48. The number of amides is 1. The molecule has 0 heterocycles. The van der Waals surface area contributed by atoms with Gasteiger partial charge in [-0.25, -0.2) is 0 Å². The van der Waals surface area contributed by atoms with E-state index < -0.39 is 0 Å². The van der Waals surface area contributed by atoms with Crippen LogP contribution in [0.1, 0.15) is 15.9 Å². The van der Waals surface area contributed by atoms with Gasteiger partial charge in [0.05, 0.1) is 11.3 Å². The number of anilines is 1. The van der Waals surface area contributed by atoms with E-state index in [-0.39, 0.29) is 5.91 Å². The topological polar surface area (TPSA) is 55.1 Å². The minimum Gasteiger partial charge on any atom is -0.397 e. The maximum atomic E-state index is 11.5. The Bertz CT molecular complexity index is 367. The highest BCUT2D eigenvalue weighted by atomic mass is 127. The van der Waals surface area contributed by atoms with Crippen molar-refractivity contribution in [2.45, 2.75) is 6.92 Å². The maximum absolute atomic E-state index is 11.5. The Labute approximate surface area is 105 Å². The summed E-state index contributed by atoms with van der Waals surface area (Å²) in [5.41, 5.74) is 7.86. The summed E-state index contributed by atoms with van der Waals surface area (Å²) in [4.78, 5) is 11.5. The molecule has 0 aliphatic rings. The smallest absolute Gasteiger partial charge is 0.254 e. The molecule has 0 spiro atoms. The highest BCUT2D eigenvalue weighted by Crippen LogP contribution is 2.30. The maximum Gasteiger partial charge on any atom is 0.254 e. The molecule has 0 fully saturated rings. The third-order valence-electron chi connectivity index (χ3n) is 1.89. The van der Waals surface area contributed by atoms with E-state index in [9.17, 15) is 4.79 Å². The average Bonchev–Trinajstić information content (AvgIpc) is 2.15. The molecular formula is C9H10BrIN2O. The van der Waals surface area contributed by atoms with Gasteiger partial charge in [-0.1, -0.05) is 0 Å². The van der Waals surface area contributed by atoms with Crippen molar-refractivity contribution in [2.75, 3.05) is 12.8 Å². The number of hydrogen-bond donors (Lipinski definition) is 2. The minimum absolute atomic E-state index is 0.170. The summed E-state index contributed by atoms with van der Waals surface area (Å²) < 4.78 is 1.65. The van der Waals surface area contributed by atoms with Gasteiger partial charge in [-0.3, -0.25) is 4.79 Å². The van der Waals surface area contributed by atoms with E-state index in [0.717, 1.165) is 13.6 Å². The van der Waals surface area contributed by atoms with Crippen molar-refractivity contribution < 1.29 is 4.79 Å². The van der Waals surface area contributed by atoms with Crippen LogP contribution >= 0.6 is 38.5 Å². The molecule has 3 nitrogen and oxygen atoms in total. The minimum atomic E-state index is -0.170. The molecule has 0 aliphatic carbocycles. The molecule has 0 saturated carbocycles. The van der Waals surface area contributed by atoms with E-state index >= 15 is 0 Å². The Morgan fingerprint density at radius 3 is 2.71 bits per heavy atom. The third-order valence-corrected chi connectivity index (χ3v) is 3.80. The van der Waals surface area contributed by atoms with Crippen LogP contribution in [0.25, 0.3) is 0 Å². The zero-order valence-electron chi connectivity index (χ0n) is 7.82. The van der Waals surface area contributed by atoms with Gasteiger partial charge in [0.15, 0.2) is 0 Å². The Morgan fingerprint density at radius 2 is 2.21 bits per heavy atom. The molecule has 0 atom stereocenters. The monoisotopic (exact) mass is 368 g/mol. The summed E-state index contributed by atoms with van der Waals surface area (Å²) in [6.45, 7) is 1.93. The molecule has 14 heavy (non-hydrogen) atoms. The zero-order chi connectivity index (χ0) is 10.9. The summed E-state index contributed by atoms with van der Waals surface area (Å²) in [6, 6.07) is 1.94. The predicted molar refractivity (Wildman–Crippen MR) is 69.4 cm³/mol. The standard InChI is InChI=1S/C9H10BrIN2O/c1-4-3-5(11)8(12)6(7(4)10)9(14)13-2/h3H,12H2,1-2H3,(H,13,14). The van der Waals surface area contributed by atoms with Crippen molar-refractivity contribution in [1.82, 2.24) is 5.32 Å². The molecule has 5 heteroatoms. The molecule has 1 aromatic carbocycles. The van der Waals surface area contributed by atoms with E-state index in [4.69, 9.17) is 5.73 Å². The number of nitrogen functional groups attached to an aromatic ring is 1. The second-order valence-electron chi connectivity index (χ2n) is 2.86. The van der Waals surface area contributed by atoms with Crippen LogP contribution in [0.4, 0.5) is 5.69 Å².